The van der Waals surface area contributed by atoms with Gasteiger partial charge in [0.05, 0.1) is 6.61 Å². The Bertz CT molecular complexity index is 277. The Morgan fingerprint density at radius 2 is 2.00 bits per heavy atom. The van der Waals surface area contributed by atoms with Gasteiger partial charge in [0, 0.05) is 38.7 Å². The van der Waals surface area contributed by atoms with E-state index in [1.807, 2.05) is 4.90 Å². The third-order valence-electron chi connectivity index (χ3n) is 4.08. The van der Waals surface area contributed by atoms with Gasteiger partial charge >= 0.3 is 0 Å². The van der Waals surface area contributed by atoms with Crippen LogP contribution in [0.1, 0.15) is 19.3 Å². The zero-order chi connectivity index (χ0) is 13.0. The largest absolute Gasteiger partial charge is 0.383 e. The van der Waals surface area contributed by atoms with Gasteiger partial charge in [-0.05, 0) is 32.4 Å². The molecule has 0 spiro atoms. The second kappa shape index (κ2) is 6.50. The fraction of sp³-hybridized carbons (Fsp3) is 0.923. The molecule has 2 heterocycles. The molecule has 0 aliphatic carbocycles. The molecule has 1 atom stereocenters. The first-order valence-electron chi connectivity index (χ1n) is 6.96. The second-order valence-corrected chi connectivity index (χ2v) is 5.44. The number of ether oxygens (including phenoxy) is 1. The van der Waals surface area contributed by atoms with E-state index < -0.39 is 0 Å². The van der Waals surface area contributed by atoms with E-state index in [9.17, 15) is 4.79 Å². The highest BCUT2D eigenvalue weighted by atomic mass is 16.5. The summed E-state index contributed by atoms with van der Waals surface area (Å²) in [5, 5.41) is 0. The molecular weight excluding hydrogens is 230 g/mol. The minimum atomic E-state index is 0.191. The quantitative estimate of drug-likeness (QED) is 0.762. The van der Waals surface area contributed by atoms with E-state index in [-0.39, 0.29) is 12.0 Å². The molecule has 2 fully saturated rings. The molecule has 5 heteroatoms. The first-order valence-corrected chi connectivity index (χ1v) is 6.96. The van der Waals surface area contributed by atoms with Crippen LogP contribution in [0.3, 0.4) is 0 Å². The number of nitrogens with two attached hydrogens (primary N) is 1. The number of methoxy groups -OCH3 is 1. The molecule has 1 unspecified atom stereocenters. The van der Waals surface area contributed by atoms with Crippen molar-refractivity contribution in [2.45, 2.75) is 25.3 Å². The predicted molar refractivity (Wildman–Crippen MR) is 70.2 cm³/mol. The molecular formula is C13H25N3O2. The summed E-state index contributed by atoms with van der Waals surface area (Å²) in [4.78, 5) is 16.6. The molecule has 5 nitrogen and oxygen atoms in total. The van der Waals surface area contributed by atoms with Crippen molar-refractivity contribution in [1.82, 2.24) is 9.80 Å². The summed E-state index contributed by atoms with van der Waals surface area (Å²) in [6.07, 6.45) is 2.92. The number of carbonyl (C=O) groups excluding carboxylic acids is 1. The number of amides is 1. The topological polar surface area (TPSA) is 58.8 Å². The Morgan fingerprint density at radius 1 is 1.28 bits per heavy atom. The van der Waals surface area contributed by atoms with Gasteiger partial charge in [-0.2, -0.15) is 0 Å². The van der Waals surface area contributed by atoms with E-state index in [1.54, 1.807) is 7.11 Å². The number of piperidine rings is 1. The Labute approximate surface area is 109 Å². The molecule has 0 aromatic heterocycles. The van der Waals surface area contributed by atoms with Crippen LogP contribution in [0.15, 0.2) is 0 Å². The lowest BCUT2D eigenvalue weighted by molar-refractivity contribution is -0.136. The highest BCUT2D eigenvalue weighted by Crippen LogP contribution is 2.21. The molecule has 104 valence electrons. The van der Waals surface area contributed by atoms with E-state index >= 15 is 0 Å². The molecule has 2 rings (SSSR count). The molecule has 2 aliphatic heterocycles. The van der Waals surface area contributed by atoms with Crippen molar-refractivity contribution >= 4 is 5.91 Å². The summed E-state index contributed by atoms with van der Waals surface area (Å²) in [6.45, 7) is 5.39. The van der Waals surface area contributed by atoms with E-state index in [0.29, 0.717) is 5.91 Å². The summed E-state index contributed by atoms with van der Waals surface area (Å²) < 4.78 is 5.08. The van der Waals surface area contributed by atoms with Gasteiger partial charge in [-0.15, -0.1) is 0 Å². The van der Waals surface area contributed by atoms with Crippen molar-refractivity contribution in [3.8, 4) is 0 Å². The molecule has 0 aromatic rings. The van der Waals surface area contributed by atoms with Crippen LogP contribution in [-0.4, -0.2) is 68.2 Å². The number of hydrogen-bond acceptors (Lipinski definition) is 4. The van der Waals surface area contributed by atoms with Gasteiger partial charge in [-0.3, -0.25) is 4.79 Å². The first kappa shape index (κ1) is 13.8. The Balaban J connectivity index is 1.73. The maximum Gasteiger partial charge on any atom is 0.225 e. The number of hydrogen-bond donors (Lipinski definition) is 1. The van der Waals surface area contributed by atoms with Crippen LogP contribution in [0.5, 0.6) is 0 Å². The van der Waals surface area contributed by atoms with Crippen LogP contribution in [0, 0.1) is 5.92 Å². The van der Waals surface area contributed by atoms with Crippen LogP contribution in [0.25, 0.3) is 0 Å². The molecule has 0 bridgehead atoms. The molecule has 0 radical (unpaired) electrons. The summed E-state index contributed by atoms with van der Waals surface area (Å²) in [7, 11) is 1.73. The smallest absolute Gasteiger partial charge is 0.225 e. The maximum atomic E-state index is 12.3. The van der Waals surface area contributed by atoms with Crippen molar-refractivity contribution in [3.05, 3.63) is 0 Å². The van der Waals surface area contributed by atoms with Gasteiger partial charge in [0.15, 0.2) is 0 Å². The number of nitrogens with zero attached hydrogens (tertiary/aromatic N) is 2. The van der Waals surface area contributed by atoms with Crippen molar-refractivity contribution in [2.75, 3.05) is 46.4 Å². The maximum absolute atomic E-state index is 12.3. The van der Waals surface area contributed by atoms with Gasteiger partial charge in [0.1, 0.15) is 0 Å². The molecule has 0 saturated carbocycles. The lowest BCUT2D eigenvalue weighted by Crippen LogP contribution is -2.43. The first-order chi connectivity index (χ1) is 8.70. The van der Waals surface area contributed by atoms with Crippen molar-refractivity contribution in [3.63, 3.8) is 0 Å². The van der Waals surface area contributed by atoms with E-state index in [0.717, 1.165) is 58.6 Å². The van der Waals surface area contributed by atoms with Crippen LogP contribution in [0.4, 0.5) is 0 Å². The lowest BCUT2D eigenvalue weighted by atomic mass is 9.95. The fourth-order valence-electron chi connectivity index (χ4n) is 2.87. The van der Waals surface area contributed by atoms with Gasteiger partial charge in [-0.25, -0.2) is 0 Å². The third-order valence-corrected chi connectivity index (χ3v) is 4.08. The normalized spacial score (nSPS) is 26.8. The monoisotopic (exact) mass is 255 g/mol. The SMILES string of the molecule is COCCN1CCC(C(=O)N2CCC(N)C2)CC1. The van der Waals surface area contributed by atoms with E-state index in [4.69, 9.17) is 10.5 Å². The minimum absolute atomic E-state index is 0.191. The molecule has 0 aromatic carbocycles. The summed E-state index contributed by atoms with van der Waals surface area (Å²) in [6, 6.07) is 0.191. The van der Waals surface area contributed by atoms with Gasteiger partial charge in [0.25, 0.3) is 0 Å². The summed E-state index contributed by atoms with van der Waals surface area (Å²) in [5.74, 6) is 0.545. The Kier molecular flexibility index (Phi) is 4.97. The zero-order valence-electron chi connectivity index (χ0n) is 11.3. The van der Waals surface area contributed by atoms with Crippen LogP contribution < -0.4 is 5.73 Å². The fourth-order valence-corrected chi connectivity index (χ4v) is 2.87. The molecule has 2 N–H and O–H groups in total. The molecule has 2 saturated heterocycles. The predicted octanol–water partition coefficient (Wildman–Crippen LogP) is -0.0956. The molecule has 18 heavy (non-hydrogen) atoms. The Morgan fingerprint density at radius 3 is 2.56 bits per heavy atom. The van der Waals surface area contributed by atoms with Crippen molar-refractivity contribution in [2.24, 2.45) is 11.7 Å². The molecule has 1 amide bonds. The van der Waals surface area contributed by atoms with Crippen LogP contribution in [-0.2, 0) is 9.53 Å². The average molecular weight is 255 g/mol. The second-order valence-electron chi connectivity index (χ2n) is 5.44. The van der Waals surface area contributed by atoms with E-state index in [1.165, 1.54) is 0 Å². The molecule has 2 aliphatic rings. The Hall–Kier alpha value is -0.650. The van der Waals surface area contributed by atoms with Gasteiger partial charge < -0.3 is 20.3 Å². The standard InChI is InChI=1S/C13H25N3O2/c1-18-9-8-15-5-2-11(3-6-15)13(17)16-7-4-12(14)10-16/h11-12H,2-10,14H2,1H3. The highest BCUT2D eigenvalue weighted by molar-refractivity contribution is 5.79. The van der Waals surface area contributed by atoms with Crippen molar-refractivity contribution in [1.29, 1.82) is 0 Å². The number of rotatable bonds is 4. The van der Waals surface area contributed by atoms with Gasteiger partial charge in [0.2, 0.25) is 5.91 Å². The highest BCUT2D eigenvalue weighted by Gasteiger charge is 2.31. The van der Waals surface area contributed by atoms with Gasteiger partial charge in [-0.1, -0.05) is 0 Å². The summed E-state index contributed by atoms with van der Waals surface area (Å²) in [5.41, 5.74) is 5.85. The zero-order valence-corrected chi connectivity index (χ0v) is 11.3. The van der Waals surface area contributed by atoms with Crippen molar-refractivity contribution < 1.29 is 9.53 Å². The van der Waals surface area contributed by atoms with Crippen LogP contribution in [0.2, 0.25) is 0 Å². The lowest BCUT2D eigenvalue weighted by Gasteiger charge is -2.32. The number of carbonyl (C=O) groups is 1. The summed E-state index contributed by atoms with van der Waals surface area (Å²) >= 11 is 0. The third kappa shape index (κ3) is 3.43. The average Bonchev–Trinajstić information content (AvgIpc) is 2.83. The van der Waals surface area contributed by atoms with E-state index in [2.05, 4.69) is 4.90 Å². The minimum Gasteiger partial charge on any atom is -0.383 e. The van der Waals surface area contributed by atoms with Crippen LogP contribution >= 0.6 is 0 Å². The number of likely N-dealkylation sites (tertiary alicyclic amines) is 2.